The molecule has 0 fully saturated rings. The van der Waals surface area contributed by atoms with Crippen molar-refractivity contribution < 1.29 is 23.8 Å². The smallest absolute Gasteiger partial charge is 0.338 e. The summed E-state index contributed by atoms with van der Waals surface area (Å²) in [7, 11) is 3.17. The van der Waals surface area contributed by atoms with Crippen LogP contribution in [0.2, 0.25) is 0 Å². The molecule has 8 heteroatoms. The van der Waals surface area contributed by atoms with Crippen LogP contribution in [0, 0.1) is 0 Å². The second-order valence-electron chi connectivity index (χ2n) is 8.15. The molecular weight excluding hydrogens is 458 g/mol. The van der Waals surface area contributed by atoms with Gasteiger partial charge < -0.3 is 14.2 Å². The van der Waals surface area contributed by atoms with Gasteiger partial charge >= 0.3 is 5.97 Å². The first kappa shape index (κ1) is 23.2. The highest BCUT2D eigenvalue weighted by atomic mass is 16.5. The van der Waals surface area contributed by atoms with E-state index >= 15 is 0 Å². The number of aromatic amines is 1. The van der Waals surface area contributed by atoms with Gasteiger partial charge in [-0.2, -0.15) is 5.10 Å². The molecule has 182 valence electrons. The first-order valence-corrected chi connectivity index (χ1v) is 11.5. The van der Waals surface area contributed by atoms with Crippen molar-refractivity contribution in [1.82, 2.24) is 10.2 Å². The Morgan fingerprint density at radius 2 is 1.58 bits per heavy atom. The summed E-state index contributed by atoms with van der Waals surface area (Å²) in [6.07, 6.45) is 0. The molecule has 1 atom stereocenters. The lowest BCUT2D eigenvalue weighted by Gasteiger charge is -2.29. The van der Waals surface area contributed by atoms with Gasteiger partial charge in [0.15, 0.2) is 0 Å². The van der Waals surface area contributed by atoms with Gasteiger partial charge in [0, 0.05) is 16.8 Å². The average Bonchev–Trinajstić information content (AvgIpc) is 3.47. The van der Waals surface area contributed by atoms with E-state index < -0.39 is 12.0 Å². The van der Waals surface area contributed by atoms with Gasteiger partial charge in [-0.3, -0.25) is 14.8 Å². The number of carbonyl (C=O) groups is 2. The van der Waals surface area contributed by atoms with Crippen molar-refractivity contribution in [1.29, 1.82) is 0 Å². The molecule has 1 N–H and O–H groups in total. The standard InChI is InChI=1S/C28H25N3O5/c1-4-36-28(33)18-13-15-19(16-14-18)31-26(22-20(34-2)11-8-12-21(22)35-3)23-24(17-9-6-5-7-10-17)29-30-25(23)27(31)32/h5-16,26H,4H2,1-3H3,(H,29,30). The summed E-state index contributed by atoms with van der Waals surface area (Å²) in [5, 5.41) is 7.47. The Balaban J connectivity index is 1.71. The molecular formula is C28H25N3O5. The number of nitrogens with zero attached hydrogens (tertiary/aromatic N) is 2. The van der Waals surface area contributed by atoms with Crippen LogP contribution < -0.4 is 14.4 Å². The molecule has 36 heavy (non-hydrogen) atoms. The van der Waals surface area contributed by atoms with E-state index in [0.29, 0.717) is 39.7 Å². The van der Waals surface area contributed by atoms with Crippen molar-refractivity contribution in [2.24, 2.45) is 0 Å². The van der Waals surface area contributed by atoms with Crippen LogP contribution in [-0.4, -0.2) is 42.9 Å². The van der Waals surface area contributed by atoms with E-state index in [4.69, 9.17) is 14.2 Å². The summed E-state index contributed by atoms with van der Waals surface area (Å²) in [4.78, 5) is 27.7. The number of benzene rings is 3. The number of amides is 1. The van der Waals surface area contributed by atoms with E-state index in [1.807, 2.05) is 48.5 Å². The number of esters is 1. The second-order valence-corrected chi connectivity index (χ2v) is 8.15. The first-order valence-electron chi connectivity index (χ1n) is 11.5. The molecule has 0 radical (unpaired) electrons. The maximum Gasteiger partial charge on any atom is 0.338 e. The summed E-state index contributed by atoms with van der Waals surface area (Å²) < 4.78 is 16.6. The zero-order chi connectivity index (χ0) is 25.2. The predicted octanol–water partition coefficient (Wildman–Crippen LogP) is 5.02. The Labute approximate surface area is 208 Å². The van der Waals surface area contributed by atoms with Gasteiger partial charge in [-0.1, -0.05) is 36.4 Å². The predicted molar refractivity (Wildman–Crippen MR) is 135 cm³/mol. The Hall–Kier alpha value is -4.59. The number of anilines is 1. The van der Waals surface area contributed by atoms with Crippen molar-refractivity contribution in [3.05, 3.63) is 95.2 Å². The highest BCUT2D eigenvalue weighted by Gasteiger charge is 2.45. The number of fused-ring (bicyclic) bond motifs is 1. The second kappa shape index (κ2) is 9.58. The molecule has 5 rings (SSSR count). The number of hydrogen-bond donors (Lipinski definition) is 1. The lowest BCUT2D eigenvalue weighted by atomic mass is 9.94. The zero-order valence-corrected chi connectivity index (χ0v) is 20.1. The fraction of sp³-hybridized carbons (Fsp3) is 0.179. The largest absolute Gasteiger partial charge is 0.496 e. The third-order valence-corrected chi connectivity index (χ3v) is 6.21. The van der Waals surface area contributed by atoms with Gasteiger partial charge in [0.25, 0.3) is 5.91 Å². The minimum absolute atomic E-state index is 0.249. The molecule has 0 aliphatic carbocycles. The molecule has 8 nitrogen and oxygen atoms in total. The maximum absolute atomic E-state index is 13.8. The Kier molecular flexibility index (Phi) is 6.16. The Bertz CT molecular complexity index is 1390. The first-order chi connectivity index (χ1) is 17.6. The molecule has 1 aromatic heterocycles. The monoisotopic (exact) mass is 483 g/mol. The van der Waals surface area contributed by atoms with Gasteiger partial charge in [0.1, 0.15) is 17.2 Å². The number of H-pyrrole nitrogens is 1. The van der Waals surface area contributed by atoms with Crippen molar-refractivity contribution in [3.63, 3.8) is 0 Å². The zero-order valence-electron chi connectivity index (χ0n) is 20.1. The third-order valence-electron chi connectivity index (χ3n) is 6.21. The van der Waals surface area contributed by atoms with Crippen LogP contribution in [0.1, 0.15) is 44.9 Å². The van der Waals surface area contributed by atoms with Crippen LogP contribution in [0.3, 0.4) is 0 Å². The Morgan fingerprint density at radius 1 is 0.917 bits per heavy atom. The fourth-order valence-electron chi connectivity index (χ4n) is 4.62. The van der Waals surface area contributed by atoms with Gasteiger partial charge in [-0.15, -0.1) is 0 Å². The van der Waals surface area contributed by atoms with Crippen LogP contribution in [0.5, 0.6) is 11.5 Å². The van der Waals surface area contributed by atoms with Crippen molar-refractivity contribution >= 4 is 17.6 Å². The van der Waals surface area contributed by atoms with Crippen LogP contribution in [0.15, 0.2) is 72.8 Å². The number of carbonyl (C=O) groups excluding carboxylic acids is 2. The van der Waals surface area contributed by atoms with E-state index in [2.05, 4.69) is 10.2 Å². The number of rotatable bonds is 7. The highest BCUT2D eigenvalue weighted by Crippen LogP contribution is 2.50. The third kappa shape index (κ3) is 3.76. The molecule has 0 bridgehead atoms. The summed E-state index contributed by atoms with van der Waals surface area (Å²) in [6, 6.07) is 21.4. The molecule has 1 unspecified atom stereocenters. The van der Waals surface area contributed by atoms with Gasteiger partial charge in [-0.25, -0.2) is 4.79 Å². The fourth-order valence-corrected chi connectivity index (χ4v) is 4.62. The van der Waals surface area contributed by atoms with Crippen LogP contribution >= 0.6 is 0 Å². The number of aromatic nitrogens is 2. The Morgan fingerprint density at radius 3 is 2.19 bits per heavy atom. The number of methoxy groups -OCH3 is 2. The van der Waals surface area contributed by atoms with E-state index in [9.17, 15) is 9.59 Å². The molecule has 0 saturated carbocycles. The van der Waals surface area contributed by atoms with E-state index in [1.165, 1.54) is 0 Å². The molecule has 1 aliphatic heterocycles. The molecule has 2 heterocycles. The van der Waals surface area contributed by atoms with Crippen molar-refractivity contribution in [2.45, 2.75) is 13.0 Å². The average molecular weight is 484 g/mol. The van der Waals surface area contributed by atoms with Crippen LogP contribution in [0.4, 0.5) is 5.69 Å². The number of hydrogen-bond acceptors (Lipinski definition) is 6. The minimum atomic E-state index is -0.596. The van der Waals surface area contributed by atoms with Gasteiger partial charge in [-0.05, 0) is 43.3 Å². The SMILES string of the molecule is CCOC(=O)c1ccc(N2C(=O)c3[nH]nc(-c4ccccc4)c3C2c2c(OC)cccc2OC)cc1. The molecule has 4 aromatic rings. The lowest BCUT2D eigenvalue weighted by molar-refractivity contribution is 0.0526. The van der Waals surface area contributed by atoms with E-state index in [0.717, 1.165) is 11.1 Å². The number of ether oxygens (including phenoxy) is 3. The van der Waals surface area contributed by atoms with Gasteiger partial charge in [0.2, 0.25) is 0 Å². The highest BCUT2D eigenvalue weighted by molar-refractivity contribution is 6.12. The number of nitrogens with one attached hydrogen (secondary N) is 1. The van der Waals surface area contributed by atoms with Crippen molar-refractivity contribution in [3.8, 4) is 22.8 Å². The topological polar surface area (TPSA) is 93.8 Å². The quantitative estimate of drug-likeness (QED) is 0.371. The maximum atomic E-state index is 13.8. The molecule has 0 spiro atoms. The van der Waals surface area contributed by atoms with Crippen molar-refractivity contribution in [2.75, 3.05) is 25.7 Å². The minimum Gasteiger partial charge on any atom is -0.496 e. The summed E-state index contributed by atoms with van der Waals surface area (Å²) >= 11 is 0. The van der Waals surface area contributed by atoms with E-state index in [-0.39, 0.29) is 12.5 Å². The van der Waals surface area contributed by atoms with E-state index in [1.54, 1.807) is 50.3 Å². The lowest BCUT2D eigenvalue weighted by Crippen LogP contribution is -2.30. The molecule has 1 aliphatic rings. The normalized spacial score (nSPS) is 14.5. The molecule has 3 aromatic carbocycles. The van der Waals surface area contributed by atoms with Gasteiger partial charge in [0.05, 0.1) is 43.7 Å². The summed E-state index contributed by atoms with van der Waals surface area (Å²) in [6.45, 7) is 2.04. The summed E-state index contributed by atoms with van der Waals surface area (Å²) in [5.41, 5.74) is 4.37. The van der Waals surface area contributed by atoms with Crippen LogP contribution in [-0.2, 0) is 4.74 Å². The molecule has 0 saturated heterocycles. The van der Waals surface area contributed by atoms with Crippen LogP contribution in [0.25, 0.3) is 11.3 Å². The molecule has 1 amide bonds. The summed E-state index contributed by atoms with van der Waals surface area (Å²) in [5.74, 6) is 0.490.